The third-order valence-electron chi connectivity index (χ3n) is 4.15. The minimum atomic E-state index is 0. The lowest BCUT2D eigenvalue weighted by atomic mass is 9.96. The molecule has 0 radical (unpaired) electrons. The maximum absolute atomic E-state index is 5.96. The van der Waals surface area contributed by atoms with Gasteiger partial charge in [0, 0.05) is 22.5 Å². The van der Waals surface area contributed by atoms with Gasteiger partial charge in [0.25, 0.3) is 0 Å². The van der Waals surface area contributed by atoms with Crippen molar-refractivity contribution >= 4 is 52.9 Å². The summed E-state index contributed by atoms with van der Waals surface area (Å²) < 4.78 is 0. The molecule has 3 nitrogen and oxygen atoms in total. The molecule has 0 bridgehead atoms. The predicted molar refractivity (Wildman–Crippen MR) is 104 cm³/mol. The van der Waals surface area contributed by atoms with Crippen LogP contribution in [-0.2, 0) is 19.4 Å². The molecule has 0 amide bonds. The van der Waals surface area contributed by atoms with E-state index in [4.69, 9.17) is 17.3 Å². The van der Waals surface area contributed by atoms with Crippen molar-refractivity contribution < 1.29 is 0 Å². The fraction of sp³-hybridized carbons (Fsp3) is 0.438. The first-order chi connectivity index (χ1) is 10.2. The Morgan fingerprint density at radius 3 is 2.65 bits per heavy atom. The highest BCUT2D eigenvalue weighted by Gasteiger charge is 2.26. The van der Waals surface area contributed by atoms with Gasteiger partial charge in [-0.25, -0.2) is 4.98 Å². The number of nitrogen functional groups attached to an aromatic ring is 1. The molecule has 1 unspecified atom stereocenters. The first kappa shape index (κ1) is 20.5. The molecule has 0 saturated heterocycles. The Kier molecular flexibility index (Phi) is 8.11. The van der Waals surface area contributed by atoms with E-state index < -0.39 is 0 Å². The van der Waals surface area contributed by atoms with Gasteiger partial charge < -0.3 is 5.73 Å². The number of likely N-dealkylation sites (N-methyl/N-ethyl adjacent to an activating group) is 1. The van der Waals surface area contributed by atoms with Gasteiger partial charge in [-0.1, -0.05) is 30.7 Å². The maximum Gasteiger partial charge on any atom is 0.180 e. The van der Waals surface area contributed by atoms with E-state index in [9.17, 15) is 0 Å². The Bertz CT molecular complexity index is 616. The number of thiazole rings is 1. The van der Waals surface area contributed by atoms with Gasteiger partial charge in [-0.3, -0.25) is 4.90 Å². The van der Waals surface area contributed by atoms with Gasteiger partial charge in [-0.05, 0) is 43.5 Å². The van der Waals surface area contributed by atoms with Gasteiger partial charge in [0.1, 0.15) is 0 Å². The van der Waals surface area contributed by atoms with Crippen LogP contribution >= 0.6 is 47.8 Å². The standard InChI is InChI=1S/C16H20ClN3S.2ClH/c1-2-20(10-11-3-5-12(17)6-4-11)13-7-8-14-15(9-13)21-16(18)19-14;;/h3-6,13H,2,7-10H2,1H3,(H2,18,19);2*1H. The van der Waals surface area contributed by atoms with Crippen LogP contribution in [-0.4, -0.2) is 22.5 Å². The van der Waals surface area contributed by atoms with Crippen molar-refractivity contribution in [3.63, 3.8) is 0 Å². The molecule has 7 heteroatoms. The minimum absolute atomic E-state index is 0. The SMILES string of the molecule is CCN(Cc1ccc(Cl)cc1)C1CCc2nc(N)sc2C1.Cl.Cl. The lowest BCUT2D eigenvalue weighted by molar-refractivity contribution is 0.181. The molecular weight excluding hydrogens is 373 g/mol. The number of nitrogens with zero attached hydrogens (tertiary/aromatic N) is 2. The molecule has 1 heterocycles. The third kappa shape index (κ3) is 4.97. The van der Waals surface area contributed by atoms with Crippen LogP contribution in [0.2, 0.25) is 5.02 Å². The highest BCUT2D eigenvalue weighted by atomic mass is 35.5. The van der Waals surface area contributed by atoms with Gasteiger partial charge in [-0.15, -0.1) is 36.2 Å². The molecule has 23 heavy (non-hydrogen) atoms. The van der Waals surface area contributed by atoms with Crippen LogP contribution in [0.15, 0.2) is 24.3 Å². The second-order valence-corrected chi connectivity index (χ2v) is 7.06. The average Bonchev–Trinajstić information content (AvgIpc) is 2.85. The number of benzene rings is 1. The molecule has 2 N–H and O–H groups in total. The van der Waals surface area contributed by atoms with Crippen LogP contribution in [0.25, 0.3) is 0 Å². The van der Waals surface area contributed by atoms with Crippen molar-refractivity contribution in [3.8, 4) is 0 Å². The largest absolute Gasteiger partial charge is 0.375 e. The first-order valence-electron chi connectivity index (χ1n) is 7.38. The van der Waals surface area contributed by atoms with E-state index in [-0.39, 0.29) is 24.8 Å². The smallest absolute Gasteiger partial charge is 0.180 e. The number of hydrogen-bond donors (Lipinski definition) is 1. The van der Waals surface area contributed by atoms with Crippen LogP contribution in [0.3, 0.4) is 0 Å². The highest BCUT2D eigenvalue weighted by Crippen LogP contribution is 2.30. The molecular formula is C16H22Cl3N3S. The Morgan fingerprint density at radius 1 is 1.30 bits per heavy atom. The highest BCUT2D eigenvalue weighted by molar-refractivity contribution is 7.15. The van der Waals surface area contributed by atoms with Crippen molar-refractivity contribution in [2.24, 2.45) is 0 Å². The summed E-state index contributed by atoms with van der Waals surface area (Å²) in [7, 11) is 0. The molecule has 3 rings (SSSR count). The van der Waals surface area contributed by atoms with Crippen molar-refractivity contribution in [1.82, 2.24) is 9.88 Å². The zero-order valence-corrected chi connectivity index (χ0v) is 16.2. The lowest BCUT2D eigenvalue weighted by Gasteiger charge is -2.33. The molecule has 2 aromatic rings. The van der Waals surface area contributed by atoms with Crippen molar-refractivity contribution in [3.05, 3.63) is 45.4 Å². The number of hydrogen-bond acceptors (Lipinski definition) is 4. The van der Waals surface area contributed by atoms with Gasteiger partial charge >= 0.3 is 0 Å². The van der Waals surface area contributed by atoms with Gasteiger partial charge in [0.05, 0.1) is 5.69 Å². The molecule has 0 spiro atoms. The molecule has 1 aliphatic rings. The summed E-state index contributed by atoms with van der Waals surface area (Å²) in [6.07, 6.45) is 3.29. The van der Waals surface area contributed by atoms with Crippen molar-refractivity contribution in [1.29, 1.82) is 0 Å². The molecule has 1 aromatic carbocycles. The number of aromatic nitrogens is 1. The van der Waals surface area contributed by atoms with Gasteiger partial charge in [0.15, 0.2) is 5.13 Å². The van der Waals surface area contributed by atoms with E-state index in [1.165, 1.54) is 16.1 Å². The van der Waals surface area contributed by atoms with Crippen LogP contribution in [0.5, 0.6) is 0 Å². The normalized spacial score (nSPS) is 16.4. The van der Waals surface area contributed by atoms with Crippen LogP contribution < -0.4 is 5.73 Å². The summed E-state index contributed by atoms with van der Waals surface area (Å²) in [4.78, 5) is 8.34. The van der Waals surface area contributed by atoms with Crippen molar-refractivity contribution in [2.45, 2.75) is 38.8 Å². The zero-order chi connectivity index (χ0) is 14.8. The molecule has 128 valence electrons. The molecule has 0 saturated carbocycles. The van der Waals surface area contributed by atoms with Crippen LogP contribution in [0.4, 0.5) is 5.13 Å². The number of fused-ring (bicyclic) bond motifs is 1. The second-order valence-electron chi connectivity index (χ2n) is 5.51. The first-order valence-corrected chi connectivity index (χ1v) is 8.57. The van der Waals surface area contributed by atoms with E-state index in [2.05, 4.69) is 28.9 Å². The number of rotatable bonds is 4. The Morgan fingerprint density at radius 2 is 2.00 bits per heavy atom. The molecule has 1 aromatic heterocycles. The van der Waals surface area contributed by atoms with Crippen LogP contribution in [0.1, 0.15) is 29.5 Å². The van der Waals surface area contributed by atoms with Gasteiger partial charge in [-0.2, -0.15) is 0 Å². The molecule has 1 atom stereocenters. The quantitative estimate of drug-likeness (QED) is 0.824. The van der Waals surface area contributed by atoms with Gasteiger partial charge in [0.2, 0.25) is 0 Å². The molecule has 0 aliphatic heterocycles. The van der Waals surface area contributed by atoms with Crippen LogP contribution in [0, 0.1) is 0 Å². The average molecular weight is 395 g/mol. The summed E-state index contributed by atoms with van der Waals surface area (Å²) >= 11 is 7.61. The molecule has 1 aliphatic carbocycles. The lowest BCUT2D eigenvalue weighted by Crippen LogP contribution is -2.38. The number of aryl methyl sites for hydroxylation is 1. The summed E-state index contributed by atoms with van der Waals surface area (Å²) in [5.74, 6) is 0. The van der Waals surface area contributed by atoms with E-state index in [1.54, 1.807) is 11.3 Å². The Labute approximate surface area is 159 Å². The number of anilines is 1. The monoisotopic (exact) mass is 393 g/mol. The van der Waals surface area contributed by atoms with E-state index in [0.717, 1.165) is 37.4 Å². The number of nitrogens with two attached hydrogens (primary N) is 1. The molecule has 0 fully saturated rings. The zero-order valence-electron chi connectivity index (χ0n) is 13.0. The Balaban J connectivity index is 0.00000132. The van der Waals surface area contributed by atoms with E-state index >= 15 is 0 Å². The third-order valence-corrected chi connectivity index (χ3v) is 5.35. The van der Waals surface area contributed by atoms with E-state index in [0.29, 0.717) is 11.2 Å². The Hall–Kier alpha value is -0.520. The van der Waals surface area contributed by atoms with E-state index in [1.807, 2.05) is 12.1 Å². The maximum atomic E-state index is 5.96. The minimum Gasteiger partial charge on any atom is -0.375 e. The second kappa shape index (κ2) is 9.09. The number of halogens is 3. The summed E-state index contributed by atoms with van der Waals surface area (Å²) in [6, 6.07) is 8.74. The summed E-state index contributed by atoms with van der Waals surface area (Å²) in [5.41, 5.74) is 8.37. The summed E-state index contributed by atoms with van der Waals surface area (Å²) in [6.45, 7) is 4.26. The predicted octanol–water partition coefficient (Wildman–Crippen LogP) is 4.60. The summed E-state index contributed by atoms with van der Waals surface area (Å²) in [5, 5.41) is 1.51. The fourth-order valence-electron chi connectivity index (χ4n) is 3.01. The van der Waals surface area contributed by atoms with Crippen molar-refractivity contribution in [2.75, 3.05) is 12.3 Å². The topological polar surface area (TPSA) is 42.2 Å². The fourth-order valence-corrected chi connectivity index (χ4v) is 4.09.